The molecular formula is C15H22BrClN2. The van der Waals surface area contributed by atoms with Gasteiger partial charge in [-0.3, -0.25) is 4.90 Å². The zero-order valence-corrected chi connectivity index (χ0v) is 13.9. The molecule has 1 aliphatic heterocycles. The van der Waals surface area contributed by atoms with Crippen molar-refractivity contribution in [1.82, 2.24) is 4.90 Å². The van der Waals surface area contributed by atoms with Crippen LogP contribution < -0.4 is 5.73 Å². The highest BCUT2D eigenvalue weighted by Gasteiger charge is 2.28. The minimum atomic E-state index is 0.232. The average Bonchev–Trinajstić information content (AvgIpc) is 2.37. The fourth-order valence-electron chi connectivity index (χ4n) is 2.82. The SMILES string of the molecule is CC1CCN(C(CN)c2ccc(Br)cc2Cl)CC1C. The first-order valence-corrected chi connectivity index (χ1v) is 8.09. The molecule has 19 heavy (non-hydrogen) atoms. The molecule has 0 amide bonds. The maximum absolute atomic E-state index is 6.38. The Bertz CT molecular complexity index is 438. The average molecular weight is 346 g/mol. The van der Waals surface area contributed by atoms with E-state index in [9.17, 15) is 0 Å². The molecule has 1 aliphatic rings. The molecule has 2 rings (SSSR count). The van der Waals surface area contributed by atoms with Crippen molar-refractivity contribution in [3.63, 3.8) is 0 Å². The van der Waals surface area contributed by atoms with Crippen LogP contribution >= 0.6 is 27.5 Å². The lowest BCUT2D eigenvalue weighted by molar-refractivity contribution is 0.0983. The maximum Gasteiger partial charge on any atom is 0.0485 e. The smallest absolute Gasteiger partial charge is 0.0485 e. The van der Waals surface area contributed by atoms with Gasteiger partial charge in [0.25, 0.3) is 0 Å². The van der Waals surface area contributed by atoms with Crippen molar-refractivity contribution in [2.45, 2.75) is 26.3 Å². The van der Waals surface area contributed by atoms with Crippen molar-refractivity contribution in [1.29, 1.82) is 0 Å². The van der Waals surface area contributed by atoms with Crippen molar-refractivity contribution >= 4 is 27.5 Å². The van der Waals surface area contributed by atoms with Crippen LogP contribution in [0.15, 0.2) is 22.7 Å². The van der Waals surface area contributed by atoms with Gasteiger partial charge in [0.1, 0.15) is 0 Å². The summed E-state index contributed by atoms with van der Waals surface area (Å²) >= 11 is 9.83. The third-order valence-corrected chi connectivity index (χ3v) is 5.17. The van der Waals surface area contributed by atoms with Gasteiger partial charge in [0.05, 0.1) is 0 Å². The number of likely N-dealkylation sites (tertiary alicyclic amines) is 1. The molecule has 0 spiro atoms. The van der Waals surface area contributed by atoms with E-state index in [0.29, 0.717) is 6.54 Å². The minimum Gasteiger partial charge on any atom is -0.329 e. The van der Waals surface area contributed by atoms with Crippen molar-refractivity contribution < 1.29 is 0 Å². The van der Waals surface area contributed by atoms with Gasteiger partial charge in [-0.1, -0.05) is 47.4 Å². The number of rotatable bonds is 3. The Hall–Kier alpha value is -0.0900. The minimum absolute atomic E-state index is 0.232. The molecule has 106 valence electrons. The summed E-state index contributed by atoms with van der Waals surface area (Å²) in [6, 6.07) is 6.32. The molecule has 1 aromatic rings. The highest BCUT2D eigenvalue weighted by Crippen LogP contribution is 2.33. The molecule has 1 fully saturated rings. The van der Waals surface area contributed by atoms with Crippen LogP contribution in [0.1, 0.15) is 31.9 Å². The number of nitrogens with two attached hydrogens (primary N) is 1. The van der Waals surface area contributed by atoms with Crippen molar-refractivity contribution in [2.75, 3.05) is 19.6 Å². The van der Waals surface area contributed by atoms with Crippen LogP contribution in [0.3, 0.4) is 0 Å². The Morgan fingerprint density at radius 3 is 2.74 bits per heavy atom. The fraction of sp³-hybridized carbons (Fsp3) is 0.600. The molecule has 2 N–H and O–H groups in total. The van der Waals surface area contributed by atoms with Gasteiger partial charge in [0, 0.05) is 28.6 Å². The van der Waals surface area contributed by atoms with E-state index in [4.69, 9.17) is 17.3 Å². The van der Waals surface area contributed by atoms with E-state index < -0.39 is 0 Å². The second kappa shape index (κ2) is 6.57. The molecule has 3 unspecified atom stereocenters. The lowest BCUT2D eigenvalue weighted by atomic mass is 9.87. The molecular weight excluding hydrogens is 324 g/mol. The van der Waals surface area contributed by atoms with E-state index in [1.54, 1.807) is 0 Å². The molecule has 4 heteroatoms. The van der Waals surface area contributed by atoms with E-state index >= 15 is 0 Å². The number of hydrogen-bond acceptors (Lipinski definition) is 2. The molecule has 1 heterocycles. The Labute approximate surface area is 129 Å². The standard InChI is InChI=1S/C15H22BrClN2/c1-10-5-6-19(9-11(10)2)15(8-18)13-4-3-12(16)7-14(13)17/h3-4,7,10-11,15H,5-6,8-9,18H2,1-2H3. The first kappa shape index (κ1) is 15.3. The summed E-state index contributed by atoms with van der Waals surface area (Å²) < 4.78 is 1.01. The second-order valence-electron chi connectivity index (χ2n) is 5.66. The van der Waals surface area contributed by atoms with Crippen molar-refractivity contribution in [3.8, 4) is 0 Å². The van der Waals surface area contributed by atoms with Gasteiger partial charge in [-0.15, -0.1) is 0 Å². The largest absolute Gasteiger partial charge is 0.329 e. The van der Waals surface area contributed by atoms with Crippen LogP contribution in [0.25, 0.3) is 0 Å². The van der Waals surface area contributed by atoms with Gasteiger partial charge in [0.15, 0.2) is 0 Å². The highest BCUT2D eigenvalue weighted by molar-refractivity contribution is 9.10. The normalized spacial score (nSPS) is 26.4. The Balaban J connectivity index is 2.20. The molecule has 0 bridgehead atoms. The third-order valence-electron chi connectivity index (χ3n) is 4.35. The fourth-order valence-corrected chi connectivity index (χ4v) is 3.62. The summed E-state index contributed by atoms with van der Waals surface area (Å²) in [5.41, 5.74) is 7.16. The molecule has 0 saturated carbocycles. The van der Waals surface area contributed by atoms with Crippen LogP contribution in [0.2, 0.25) is 5.02 Å². The van der Waals surface area contributed by atoms with Crippen LogP contribution in [0.5, 0.6) is 0 Å². The monoisotopic (exact) mass is 344 g/mol. The van der Waals surface area contributed by atoms with Gasteiger partial charge in [-0.25, -0.2) is 0 Å². The number of piperidine rings is 1. The lowest BCUT2D eigenvalue weighted by Gasteiger charge is -2.40. The maximum atomic E-state index is 6.38. The third kappa shape index (κ3) is 3.52. The number of nitrogens with zero attached hydrogens (tertiary/aromatic N) is 1. The van der Waals surface area contributed by atoms with Crippen LogP contribution in [-0.4, -0.2) is 24.5 Å². The summed E-state index contributed by atoms with van der Waals surface area (Å²) in [4.78, 5) is 2.49. The van der Waals surface area contributed by atoms with Gasteiger partial charge >= 0.3 is 0 Å². The molecule has 0 aromatic heterocycles. The summed E-state index contributed by atoms with van der Waals surface area (Å²) in [7, 11) is 0. The topological polar surface area (TPSA) is 29.3 Å². The first-order chi connectivity index (χ1) is 9.02. The molecule has 1 aromatic carbocycles. The van der Waals surface area contributed by atoms with Gasteiger partial charge in [-0.2, -0.15) is 0 Å². The Morgan fingerprint density at radius 2 is 2.16 bits per heavy atom. The zero-order valence-electron chi connectivity index (χ0n) is 11.6. The van der Waals surface area contributed by atoms with Crippen LogP contribution in [0, 0.1) is 11.8 Å². The Morgan fingerprint density at radius 1 is 1.42 bits per heavy atom. The van der Waals surface area contributed by atoms with E-state index in [0.717, 1.165) is 40.0 Å². The summed E-state index contributed by atoms with van der Waals surface area (Å²) in [5.74, 6) is 1.52. The second-order valence-corrected chi connectivity index (χ2v) is 6.98. The van der Waals surface area contributed by atoms with Gasteiger partial charge in [-0.05, 0) is 42.5 Å². The van der Waals surface area contributed by atoms with E-state index in [1.165, 1.54) is 6.42 Å². The lowest BCUT2D eigenvalue weighted by Crippen LogP contribution is -2.43. The van der Waals surface area contributed by atoms with E-state index in [-0.39, 0.29) is 6.04 Å². The predicted molar refractivity (Wildman–Crippen MR) is 85.5 cm³/mol. The first-order valence-electron chi connectivity index (χ1n) is 6.92. The molecule has 0 radical (unpaired) electrons. The van der Waals surface area contributed by atoms with Crippen molar-refractivity contribution in [2.24, 2.45) is 17.6 Å². The summed E-state index contributed by atoms with van der Waals surface area (Å²) in [6.07, 6.45) is 1.24. The van der Waals surface area contributed by atoms with Gasteiger partial charge < -0.3 is 5.73 Å². The molecule has 2 nitrogen and oxygen atoms in total. The van der Waals surface area contributed by atoms with E-state index in [1.807, 2.05) is 12.1 Å². The van der Waals surface area contributed by atoms with Gasteiger partial charge in [0.2, 0.25) is 0 Å². The number of hydrogen-bond donors (Lipinski definition) is 1. The van der Waals surface area contributed by atoms with Crippen molar-refractivity contribution in [3.05, 3.63) is 33.3 Å². The Kier molecular flexibility index (Phi) is 5.29. The number of halogens is 2. The van der Waals surface area contributed by atoms with E-state index in [2.05, 4.69) is 40.7 Å². The molecule has 1 saturated heterocycles. The highest BCUT2D eigenvalue weighted by atomic mass is 79.9. The zero-order chi connectivity index (χ0) is 14.0. The summed E-state index contributed by atoms with van der Waals surface area (Å²) in [5, 5.41) is 0.802. The summed E-state index contributed by atoms with van der Waals surface area (Å²) in [6.45, 7) is 7.50. The number of benzene rings is 1. The quantitative estimate of drug-likeness (QED) is 0.894. The van der Waals surface area contributed by atoms with Crippen LogP contribution in [-0.2, 0) is 0 Å². The molecule has 0 aliphatic carbocycles. The molecule has 3 atom stereocenters. The predicted octanol–water partition coefficient (Wildman–Crippen LogP) is 4.08. The van der Waals surface area contributed by atoms with Crippen LogP contribution in [0.4, 0.5) is 0 Å².